The lowest BCUT2D eigenvalue weighted by atomic mass is 9.94. The van der Waals surface area contributed by atoms with E-state index >= 15 is 0 Å². The number of amides is 4. The zero-order valence-corrected chi connectivity index (χ0v) is 19.4. The quantitative estimate of drug-likeness (QED) is 0.476. The first-order chi connectivity index (χ1) is 16.2. The Labute approximate surface area is 198 Å². The van der Waals surface area contributed by atoms with Crippen molar-refractivity contribution in [2.24, 2.45) is 11.7 Å². The average molecular weight is 467 g/mol. The van der Waals surface area contributed by atoms with Crippen LogP contribution in [0.4, 0.5) is 0 Å². The van der Waals surface area contributed by atoms with E-state index in [2.05, 4.69) is 10.6 Å². The van der Waals surface area contributed by atoms with Gasteiger partial charge in [-0.2, -0.15) is 0 Å². The number of nitrogens with two attached hydrogens (primary N) is 1. The lowest BCUT2D eigenvalue weighted by Crippen LogP contribution is -2.55. The van der Waals surface area contributed by atoms with Gasteiger partial charge in [0.15, 0.2) is 0 Å². The molecule has 4 N–H and O–H groups in total. The molecule has 1 aliphatic heterocycles. The number of primary amides is 1. The van der Waals surface area contributed by atoms with Crippen molar-refractivity contribution in [1.29, 1.82) is 0 Å². The summed E-state index contributed by atoms with van der Waals surface area (Å²) in [5, 5.41) is 7.16. The zero-order chi connectivity index (χ0) is 24.8. The number of ketones is 1. The molecule has 2 aromatic rings. The van der Waals surface area contributed by atoms with Crippen molar-refractivity contribution in [3.63, 3.8) is 0 Å². The average Bonchev–Trinajstić information content (AvgIpc) is 3.34. The van der Waals surface area contributed by atoms with Gasteiger partial charge in [0.1, 0.15) is 6.04 Å². The number of nitrogens with zero attached hydrogens (tertiary/aromatic N) is 1. The normalized spacial score (nSPS) is 17.1. The Hall–Kier alpha value is -3.75. The number of rotatable bonds is 9. The predicted octanol–water partition coefficient (Wildman–Crippen LogP) is 1.15. The first-order valence-corrected chi connectivity index (χ1v) is 11.4. The fourth-order valence-electron chi connectivity index (χ4n) is 4.13. The summed E-state index contributed by atoms with van der Waals surface area (Å²) in [5.41, 5.74) is 5.57. The Morgan fingerprint density at radius 3 is 2.47 bits per heavy atom. The van der Waals surface area contributed by atoms with Crippen LogP contribution in [-0.2, 0) is 19.2 Å². The first-order valence-electron chi connectivity index (χ1n) is 11.4. The number of nitrogens with one attached hydrogen (secondary N) is 2. The van der Waals surface area contributed by atoms with E-state index in [1.54, 1.807) is 19.1 Å². The van der Waals surface area contributed by atoms with Crippen LogP contribution in [-0.4, -0.2) is 59.5 Å². The van der Waals surface area contributed by atoms with Gasteiger partial charge >= 0.3 is 0 Å². The number of carbonyl (C=O) groups is 5. The van der Waals surface area contributed by atoms with Crippen molar-refractivity contribution in [2.45, 2.75) is 45.2 Å². The molecule has 1 heterocycles. The van der Waals surface area contributed by atoms with E-state index in [-0.39, 0.29) is 18.4 Å². The minimum Gasteiger partial charge on any atom is -0.363 e. The second kappa shape index (κ2) is 10.9. The van der Waals surface area contributed by atoms with Crippen molar-refractivity contribution in [2.75, 3.05) is 13.1 Å². The van der Waals surface area contributed by atoms with Crippen molar-refractivity contribution in [3.8, 4) is 0 Å². The van der Waals surface area contributed by atoms with Crippen LogP contribution in [0, 0.1) is 5.92 Å². The minimum absolute atomic E-state index is 0.259. The molecule has 0 radical (unpaired) electrons. The molecule has 2 unspecified atom stereocenters. The molecule has 1 aliphatic rings. The van der Waals surface area contributed by atoms with Crippen LogP contribution in [0.1, 0.15) is 43.5 Å². The van der Waals surface area contributed by atoms with E-state index < -0.39 is 35.6 Å². The third kappa shape index (κ3) is 5.59. The molecule has 0 aromatic heterocycles. The highest BCUT2D eigenvalue weighted by Gasteiger charge is 2.37. The molecule has 2 aromatic carbocycles. The van der Waals surface area contributed by atoms with E-state index in [1.165, 1.54) is 4.90 Å². The summed E-state index contributed by atoms with van der Waals surface area (Å²) < 4.78 is 0. The number of Topliss-reactive ketones (excluding diaryl/α,β-unsaturated/α-hetero) is 1. The second-order valence-electron chi connectivity index (χ2n) is 8.59. The van der Waals surface area contributed by atoms with Gasteiger partial charge in [-0.1, -0.05) is 50.6 Å². The summed E-state index contributed by atoms with van der Waals surface area (Å²) >= 11 is 0. The summed E-state index contributed by atoms with van der Waals surface area (Å²) in [7, 11) is 0. The Bertz CT molecular complexity index is 1120. The molecule has 3 atom stereocenters. The van der Waals surface area contributed by atoms with E-state index in [9.17, 15) is 24.0 Å². The molecular formula is C25H30N4O5. The maximum Gasteiger partial charge on any atom is 0.287 e. The van der Waals surface area contributed by atoms with Gasteiger partial charge in [-0.15, -0.1) is 0 Å². The summed E-state index contributed by atoms with van der Waals surface area (Å²) in [4.78, 5) is 63.3. The van der Waals surface area contributed by atoms with Gasteiger partial charge in [0.25, 0.3) is 11.8 Å². The SMILES string of the molecule is CCC(C)C(NC(=O)[C@@H]1CCCN1C(=O)CNC(=O)c1ccc2ccccc2c1)C(=O)C(N)=O. The Balaban J connectivity index is 1.62. The van der Waals surface area contributed by atoms with Crippen molar-refractivity contribution in [1.82, 2.24) is 15.5 Å². The van der Waals surface area contributed by atoms with Crippen LogP contribution >= 0.6 is 0 Å². The topological polar surface area (TPSA) is 139 Å². The van der Waals surface area contributed by atoms with Crippen LogP contribution in [0.3, 0.4) is 0 Å². The molecule has 0 aliphatic carbocycles. The van der Waals surface area contributed by atoms with Crippen LogP contribution in [0.5, 0.6) is 0 Å². The van der Waals surface area contributed by atoms with Crippen LogP contribution < -0.4 is 16.4 Å². The zero-order valence-electron chi connectivity index (χ0n) is 19.4. The summed E-state index contributed by atoms with van der Waals surface area (Å²) in [5.74, 6) is -3.55. The minimum atomic E-state index is -1.11. The van der Waals surface area contributed by atoms with Crippen LogP contribution in [0.25, 0.3) is 10.8 Å². The van der Waals surface area contributed by atoms with E-state index in [0.29, 0.717) is 31.4 Å². The summed E-state index contributed by atoms with van der Waals surface area (Å²) in [6.07, 6.45) is 1.59. The Morgan fingerprint density at radius 2 is 1.79 bits per heavy atom. The van der Waals surface area contributed by atoms with Crippen LogP contribution in [0.15, 0.2) is 42.5 Å². The fourth-order valence-corrected chi connectivity index (χ4v) is 4.13. The molecule has 0 spiro atoms. The lowest BCUT2D eigenvalue weighted by molar-refractivity contribution is -0.141. The van der Waals surface area contributed by atoms with E-state index in [1.807, 2.05) is 37.3 Å². The van der Waals surface area contributed by atoms with Crippen molar-refractivity contribution in [3.05, 3.63) is 48.0 Å². The van der Waals surface area contributed by atoms with E-state index in [4.69, 9.17) is 5.73 Å². The smallest absolute Gasteiger partial charge is 0.287 e. The fraction of sp³-hybridized carbons (Fsp3) is 0.400. The number of likely N-dealkylation sites (tertiary alicyclic amines) is 1. The maximum atomic E-state index is 12.9. The highest BCUT2D eigenvalue weighted by Crippen LogP contribution is 2.19. The molecule has 0 bridgehead atoms. The molecule has 4 amide bonds. The van der Waals surface area contributed by atoms with Gasteiger partial charge in [-0.05, 0) is 41.7 Å². The van der Waals surface area contributed by atoms with Crippen molar-refractivity contribution >= 4 is 40.2 Å². The lowest BCUT2D eigenvalue weighted by Gasteiger charge is -2.28. The number of carbonyl (C=O) groups excluding carboxylic acids is 5. The third-order valence-corrected chi connectivity index (χ3v) is 6.32. The van der Waals surface area contributed by atoms with Gasteiger partial charge in [0.2, 0.25) is 17.6 Å². The molecule has 1 fully saturated rings. The number of fused-ring (bicyclic) bond motifs is 1. The largest absolute Gasteiger partial charge is 0.363 e. The standard InChI is InChI=1S/C25H30N4O5/c1-3-15(2)21(22(31)23(26)32)28-25(34)19-9-6-12-29(19)20(30)14-27-24(33)18-11-10-16-7-4-5-8-17(16)13-18/h4-5,7-8,10-11,13,15,19,21H,3,6,9,12,14H2,1-2H3,(H2,26,32)(H,27,33)(H,28,34)/t15?,19-,21?/m0/s1. The molecule has 1 saturated heterocycles. The maximum absolute atomic E-state index is 12.9. The van der Waals surface area contributed by atoms with Gasteiger partial charge in [-0.3, -0.25) is 24.0 Å². The van der Waals surface area contributed by atoms with Crippen LogP contribution in [0.2, 0.25) is 0 Å². The molecule has 3 rings (SSSR count). The Kier molecular flexibility index (Phi) is 7.99. The molecule has 0 saturated carbocycles. The van der Waals surface area contributed by atoms with Gasteiger partial charge in [-0.25, -0.2) is 0 Å². The van der Waals surface area contributed by atoms with Gasteiger partial charge < -0.3 is 21.3 Å². The highest BCUT2D eigenvalue weighted by molar-refractivity contribution is 6.38. The van der Waals surface area contributed by atoms with Gasteiger partial charge in [0, 0.05) is 12.1 Å². The molecule has 9 nitrogen and oxygen atoms in total. The molecule has 180 valence electrons. The van der Waals surface area contributed by atoms with E-state index in [0.717, 1.165) is 10.8 Å². The molecule has 34 heavy (non-hydrogen) atoms. The summed E-state index contributed by atoms with van der Waals surface area (Å²) in [6, 6.07) is 11.1. The monoisotopic (exact) mass is 466 g/mol. The molecule has 9 heteroatoms. The molecular weight excluding hydrogens is 436 g/mol. The first kappa shape index (κ1) is 24.9. The third-order valence-electron chi connectivity index (χ3n) is 6.32. The van der Waals surface area contributed by atoms with Crippen molar-refractivity contribution < 1.29 is 24.0 Å². The number of hydrogen-bond donors (Lipinski definition) is 3. The highest BCUT2D eigenvalue weighted by atomic mass is 16.2. The summed E-state index contributed by atoms with van der Waals surface area (Å²) in [6.45, 7) is 3.68. The second-order valence-corrected chi connectivity index (χ2v) is 8.59. The number of benzene rings is 2. The number of hydrogen-bond acceptors (Lipinski definition) is 5. The van der Waals surface area contributed by atoms with Gasteiger partial charge in [0.05, 0.1) is 12.6 Å². The predicted molar refractivity (Wildman–Crippen MR) is 127 cm³/mol. The Morgan fingerprint density at radius 1 is 1.09 bits per heavy atom.